The van der Waals surface area contributed by atoms with E-state index in [2.05, 4.69) is 30.7 Å². The Bertz CT molecular complexity index is 599. The van der Waals surface area contributed by atoms with Crippen LogP contribution in [0.3, 0.4) is 0 Å². The molecule has 19 heavy (non-hydrogen) atoms. The standard InChI is InChI=1S/C15H20N2O2/c1-4-16-9-11-8-13-12(15(18)19)6-5-7-14(13)17(11)10(2)3/h5-8,10,16H,4,9H2,1-3H3,(H,18,19). The predicted octanol–water partition coefficient (Wildman–Crippen LogP) is 3.03. The van der Waals surface area contributed by atoms with Crippen LogP contribution in [0.2, 0.25) is 0 Å². The summed E-state index contributed by atoms with van der Waals surface area (Å²) in [6.07, 6.45) is 0. The highest BCUT2D eigenvalue weighted by molar-refractivity contribution is 6.03. The molecule has 0 aliphatic heterocycles. The molecule has 0 spiro atoms. The van der Waals surface area contributed by atoms with Crippen molar-refractivity contribution in [2.75, 3.05) is 6.54 Å². The predicted molar refractivity (Wildman–Crippen MR) is 76.7 cm³/mol. The van der Waals surface area contributed by atoms with E-state index < -0.39 is 5.97 Å². The summed E-state index contributed by atoms with van der Waals surface area (Å²) in [5, 5.41) is 13.4. The summed E-state index contributed by atoms with van der Waals surface area (Å²) < 4.78 is 2.20. The highest BCUT2D eigenvalue weighted by Gasteiger charge is 2.16. The van der Waals surface area contributed by atoms with E-state index >= 15 is 0 Å². The van der Waals surface area contributed by atoms with Crippen molar-refractivity contribution < 1.29 is 9.90 Å². The maximum atomic E-state index is 11.3. The summed E-state index contributed by atoms with van der Waals surface area (Å²) in [5.74, 6) is -0.874. The molecule has 0 aliphatic rings. The van der Waals surface area contributed by atoms with Crippen LogP contribution >= 0.6 is 0 Å². The third kappa shape index (κ3) is 2.49. The number of fused-ring (bicyclic) bond motifs is 1. The third-order valence-electron chi connectivity index (χ3n) is 3.27. The van der Waals surface area contributed by atoms with Crippen LogP contribution < -0.4 is 5.32 Å². The van der Waals surface area contributed by atoms with Gasteiger partial charge in [-0.05, 0) is 38.6 Å². The number of hydrogen-bond acceptors (Lipinski definition) is 2. The Morgan fingerprint density at radius 1 is 1.42 bits per heavy atom. The highest BCUT2D eigenvalue weighted by Crippen LogP contribution is 2.27. The van der Waals surface area contributed by atoms with Gasteiger partial charge in [0.15, 0.2) is 0 Å². The number of rotatable bonds is 5. The van der Waals surface area contributed by atoms with Crippen molar-refractivity contribution in [3.8, 4) is 0 Å². The first-order valence-corrected chi connectivity index (χ1v) is 6.63. The van der Waals surface area contributed by atoms with Crippen LogP contribution in [0.15, 0.2) is 24.3 Å². The number of carbonyl (C=O) groups is 1. The third-order valence-corrected chi connectivity index (χ3v) is 3.27. The fourth-order valence-corrected chi connectivity index (χ4v) is 2.49. The topological polar surface area (TPSA) is 54.3 Å². The van der Waals surface area contributed by atoms with Crippen molar-refractivity contribution in [3.05, 3.63) is 35.5 Å². The summed E-state index contributed by atoms with van der Waals surface area (Å²) in [5.41, 5.74) is 2.48. The molecule has 1 heterocycles. The summed E-state index contributed by atoms with van der Waals surface area (Å²) in [4.78, 5) is 11.3. The van der Waals surface area contributed by atoms with Gasteiger partial charge in [0, 0.05) is 29.2 Å². The monoisotopic (exact) mass is 260 g/mol. The molecule has 0 amide bonds. The van der Waals surface area contributed by atoms with Gasteiger partial charge in [-0.3, -0.25) is 0 Å². The van der Waals surface area contributed by atoms with Crippen molar-refractivity contribution in [3.63, 3.8) is 0 Å². The molecule has 0 atom stereocenters. The first-order valence-electron chi connectivity index (χ1n) is 6.63. The van der Waals surface area contributed by atoms with E-state index in [9.17, 15) is 9.90 Å². The fourth-order valence-electron chi connectivity index (χ4n) is 2.49. The number of nitrogens with zero attached hydrogens (tertiary/aromatic N) is 1. The van der Waals surface area contributed by atoms with Crippen LogP contribution in [0, 0.1) is 0 Å². The molecule has 0 aliphatic carbocycles. The van der Waals surface area contributed by atoms with E-state index in [-0.39, 0.29) is 0 Å². The van der Waals surface area contributed by atoms with Crippen molar-refractivity contribution >= 4 is 16.9 Å². The van der Waals surface area contributed by atoms with Crippen LogP contribution in [0.25, 0.3) is 10.9 Å². The quantitative estimate of drug-likeness (QED) is 0.868. The van der Waals surface area contributed by atoms with E-state index in [1.165, 1.54) is 0 Å². The normalized spacial score (nSPS) is 11.4. The molecule has 0 unspecified atom stereocenters. The second-order valence-electron chi connectivity index (χ2n) is 4.92. The van der Waals surface area contributed by atoms with Crippen LogP contribution in [-0.2, 0) is 6.54 Å². The molecular formula is C15H20N2O2. The van der Waals surface area contributed by atoms with Gasteiger partial charge in [0.2, 0.25) is 0 Å². The fraction of sp³-hybridized carbons (Fsp3) is 0.400. The number of carboxylic acid groups (broad SMARTS) is 1. The molecule has 0 saturated carbocycles. The Morgan fingerprint density at radius 3 is 2.74 bits per heavy atom. The molecule has 4 nitrogen and oxygen atoms in total. The Labute approximate surface area is 113 Å². The van der Waals surface area contributed by atoms with E-state index in [1.807, 2.05) is 18.2 Å². The Kier molecular flexibility index (Phi) is 3.90. The number of nitrogens with one attached hydrogen (secondary N) is 1. The maximum Gasteiger partial charge on any atom is 0.336 e. The average Bonchev–Trinajstić information content (AvgIpc) is 2.73. The lowest BCUT2D eigenvalue weighted by molar-refractivity contribution is 0.0699. The Morgan fingerprint density at radius 2 is 2.16 bits per heavy atom. The number of benzene rings is 1. The van der Waals surface area contributed by atoms with Gasteiger partial charge < -0.3 is 15.0 Å². The van der Waals surface area contributed by atoms with Crippen LogP contribution in [-0.4, -0.2) is 22.2 Å². The van der Waals surface area contributed by atoms with Gasteiger partial charge >= 0.3 is 5.97 Å². The van der Waals surface area contributed by atoms with Gasteiger partial charge in [0.25, 0.3) is 0 Å². The van der Waals surface area contributed by atoms with Gasteiger partial charge in [0.1, 0.15) is 0 Å². The molecule has 1 aromatic heterocycles. The molecule has 0 radical (unpaired) electrons. The number of carboxylic acids is 1. The molecule has 2 aromatic rings. The average molecular weight is 260 g/mol. The summed E-state index contributed by atoms with van der Waals surface area (Å²) >= 11 is 0. The van der Waals surface area contributed by atoms with E-state index in [0.29, 0.717) is 11.6 Å². The molecule has 102 valence electrons. The van der Waals surface area contributed by atoms with Crippen molar-refractivity contribution in [1.29, 1.82) is 0 Å². The smallest absolute Gasteiger partial charge is 0.336 e. The van der Waals surface area contributed by atoms with Crippen molar-refractivity contribution in [2.45, 2.75) is 33.4 Å². The summed E-state index contributed by atoms with van der Waals surface area (Å²) in [7, 11) is 0. The highest BCUT2D eigenvalue weighted by atomic mass is 16.4. The Hall–Kier alpha value is -1.81. The maximum absolute atomic E-state index is 11.3. The van der Waals surface area contributed by atoms with Gasteiger partial charge in [-0.2, -0.15) is 0 Å². The van der Waals surface area contributed by atoms with Gasteiger partial charge in [-0.15, -0.1) is 0 Å². The molecule has 4 heteroatoms. The minimum Gasteiger partial charge on any atom is -0.478 e. The number of aromatic nitrogens is 1. The summed E-state index contributed by atoms with van der Waals surface area (Å²) in [6.45, 7) is 7.93. The molecule has 2 rings (SSSR count). The van der Waals surface area contributed by atoms with E-state index in [0.717, 1.165) is 29.7 Å². The molecule has 1 aromatic carbocycles. The second kappa shape index (κ2) is 5.45. The number of aromatic carboxylic acids is 1. The van der Waals surface area contributed by atoms with Crippen molar-refractivity contribution in [2.24, 2.45) is 0 Å². The Balaban J connectivity index is 2.65. The zero-order chi connectivity index (χ0) is 14.0. The lowest BCUT2D eigenvalue weighted by atomic mass is 10.1. The molecule has 0 fully saturated rings. The van der Waals surface area contributed by atoms with Gasteiger partial charge in [-0.25, -0.2) is 4.79 Å². The zero-order valence-electron chi connectivity index (χ0n) is 11.6. The van der Waals surface area contributed by atoms with E-state index in [1.54, 1.807) is 6.07 Å². The lowest BCUT2D eigenvalue weighted by Gasteiger charge is -2.15. The molecule has 2 N–H and O–H groups in total. The van der Waals surface area contributed by atoms with Gasteiger partial charge in [0.05, 0.1) is 5.56 Å². The van der Waals surface area contributed by atoms with Gasteiger partial charge in [-0.1, -0.05) is 13.0 Å². The zero-order valence-corrected chi connectivity index (χ0v) is 11.6. The first kappa shape index (κ1) is 13.6. The first-order chi connectivity index (χ1) is 9.06. The molecule has 0 saturated heterocycles. The second-order valence-corrected chi connectivity index (χ2v) is 4.92. The van der Waals surface area contributed by atoms with Crippen LogP contribution in [0.5, 0.6) is 0 Å². The largest absolute Gasteiger partial charge is 0.478 e. The molecule has 0 bridgehead atoms. The number of hydrogen-bond donors (Lipinski definition) is 2. The van der Waals surface area contributed by atoms with Crippen LogP contribution in [0.1, 0.15) is 42.9 Å². The SMILES string of the molecule is CCNCc1cc2c(C(=O)O)cccc2n1C(C)C. The minimum absolute atomic E-state index is 0.301. The minimum atomic E-state index is -0.874. The van der Waals surface area contributed by atoms with Crippen molar-refractivity contribution in [1.82, 2.24) is 9.88 Å². The lowest BCUT2D eigenvalue weighted by Crippen LogP contribution is -2.16. The summed E-state index contributed by atoms with van der Waals surface area (Å²) in [6, 6.07) is 7.74. The molecular weight excluding hydrogens is 240 g/mol. The van der Waals surface area contributed by atoms with E-state index in [4.69, 9.17) is 0 Å². The van der Waals surface area contributed by atoms with Crippen LogP contribution in [0.4, 0.5) is 0 Å².